The van der Waals surface area contributed by atoms with Crippen LogP contribution in [0.15, 0.2) is 18.2 Å². The number of carbonyl (C=O) groups is 1. The van der Waals surface area contributed by atoms with Crippen LogP contribution in [0.4, 0.5) is 0 Å². The fourth-order valence-corrected chi connectivity index (χ4v) is 2.29. The SMILES string of the molecule is O=C(O)c1cccc(COC2CCCCCC2)n1. The lowest BCUT2D eigenvalue weighted by atomic mass is 10.1. The van der Waals surface area contributed by atoms with E-state index in [4.69, 9.17) is 9.84 Å². The third kappa shape index (κ3) is 3.81. The molecule has 1 fully saturated rings. The van der Waals surface area contributed by atoms with Gasteiger partial charge in [-0.1, -0.05) is 31.7 Å². The second-order valence-corrected chi connectivity index (χ2v) is 4.74. The molecule has 0 aliphatic heterocycles. The van der Waals surface area contributed by atoms with Crippen molar-refractivity contribution in [3.63, 3.8) is 0 Å². The molecule has 0 spiro atoms. The summed E-state index contributed by atoms with van der Waals surface area (Å²) in [6.45, 7) is 0.409. The summed E-state index contributed by atoms with van der Waals surface area (Å²) in [5, 5.41) is 8.86. The Morgan fingerprint density at radius 1 is 1.28 bits per heavy atom. The summed E-state index contributed by atoms with van der Waals surface area (Å²) >= 11 is 0. The molecular formula is C14H19NO3. The van der Waals surface area contributed by atoms with Gasteiger partial charge in [-0.15, -0.1) is 0 Å². The molecule has 98 valence electrons. The molecule has 1 aliphatic carbocycles. The van der Waals surface area contributed by atoms with E-state index >= 15 is 0 Å². The van der Waals surface area contributed by atoms with Gasteiger partial charge >= 0.3 is 5.97 Å². The van der Waals surface area contributed by atoms with Crippen LogP contribution in [0.1, 0.15) is 54.7 Å². The second-order valence-electron chi connectivity index (χ2n) is 4.74. The first-order valence-corrected chi connectivity index (χ1v) is 6.56. The number of pyridine rings is 1. The Labute approximate surface area is 107 Å². The van der Waals surface area contributed by atoms with Gasteiger partial charge in [0.05, 0.1) is 18.4 Å². The minimum atomic E-state index is -0.994. The molecule has 0 bridgehead atoms. The summed E-state index contributed by atoms with van der Waals surface area (Å²) in [6, 6.07) is 5.02. The lowest BCUT2D eigenvalue weighted by molar-refractivity contribution is 0.0291. The normalized spacial score (nSPS) is 17.3. The van der Waals surface area contributed by atoms with E-state index in [0.29, 0.717) is 18.4 Å². The molecule has 1 saturated carbocycles. The van der Waals surface area contributed by atoms with Crippen LogP contribution in [0.3, 0.4) is 0 Å². The van der Waals surface area contributed by atoms with Crippen LogP contribution in [-0.2, 0) is 11.3 Å². The number of nitrogens with zero attached hydrogens (tertiary/aromatic N) is 1. The Morgan fingerprint density at radius 3 is 2.67 bits per heavy atom. The van der Waals surface area contributed by atoms with E-state index in [2.05, 4.69) is 4.98 Å². The predicted molar refractivity (Wildman–Crippen MR) is 67.5 cm³/mol. The molecule has 1 aromatic heterocycles. The largest absolute Gasteiger partial charge is 0.477 e. The van der Waals surface area contributed by atoms with Gasteiger partial charge in [0, 0.05) is 0 Å². The van der Waals surface area contributed by atoms with Crippen molar-refractivity contribution in [2.75, 3.05) is 0 Å². The fraction of sp³-hybridized carbons (Fsp3) is 0.571. The van der Waals surface area contributed by atoms with Gasteiger partial charge in [-0.2, -0.15) is 0 Å². The summed E-state index contributed by atoms with van der Waals surface area (Å²) in [5.41, 5.74) is 0.774. The zero-order valence-electron chi connectivity index (χ0n) is 10.5. The summed E-state index contributed by atoms with van der Waals surface area (Å²) < 4.78 is 5.83. The molecule has 0 atom stereocenters. The summed E-state index contributed by atoms with van der Waals surface area (Å²) in [5.74, 6) is -0.994. The average Bonchev–Trinajstić information content (AvgIpc) is 2.65. The lowest BCUT2D eigenvalue weighted by Crippen LogP contribution is -2.12. The molecule has 0 radical (unpaired) electrons. The van der Waals surface area contributed by atoms with Crippen LogP contribution in [0, 0.1) is 0 Å². The van der Waals surface area contributed by atoms with Crippen molar-refractivity contribution in [2.24, 2.45) is 0 Å². The maximum Gasteiger partial charge on any atom is 0.354 e. The zero-order chi connectivity index (χ0) is 12.8. The first kappa shape index (κ1) is 13.0. The van der Waals surface area contributed by atoms with E-state index in [9.17, 15) is 4.79 Å². The Balaban J connectivity index is 1.88. The van der Waals surface area contributed by atoms with E-state index in [0.717, 1.165) is 12.8 Å². The summed E-state index contributed by atoms with van der Waals surface area (Å²) in [6.07, 6.45) is 7.58. The monoisotopic (exact) mass is 249 g/mol. The molecule has 1 heterocycles. The molecule has 0 amide bonds. The van der Waals surface area contributed by atoms with E-state index in [1.807, 2.05) is 6.07 Å². The third-order valence-corrected chi connectivity index (χ3v) is 3.30. The van der Waals surface area contributed by atoms with Crippen molar-refractivity contribution in [3.8, 4) is 0 Å². The quantitative estimate of drug-likeness (QED) is 0.833. The number of rotatable bonds is 4. The first-order chi connectivity index (χ1) is 8.75. The molecule has 1 aromatic rings. The van der Waals surface area contributed by atoms with E-state index in [-0.39, 0.29) is 5.69 Å². The van der Waals surface area contributed by atoms with Gasteiger partial charge in [-0.3, -0.25) is 0 Å². The molecule has 18 heavy (non-hydrogen) atoms. The highest BCUT2D eigenvalue weighted by Gasteiger charge is 2.13. The maximum absolute atomic E-state index is 10.8. The molecule has 2 rings (SSSR count). The van der Waals surface area contributed by atoms with Gasteiger partial charge in [-0.05, 0) is 25.0 Å². The third-order valence-electron chi connectivity index (χ3n) is 3.30. The molecule has 0 saturated heterocycles. The Hall–Kier alpha value is -1.42. The topological polar surface area (TPSA) is 59.4 Å². The van der Waals surface area contributed by atoms with Gasteiger partial charge in [-0.25, -0.2) is 9.78 Å². The van der Waals surface area contributed by atoms with Crippen LogP contribution < -0.4 is 0 Å². The number of aromatic carboxylic acids is 1. The van der Waals surface area contributed by atoms with Crippen molar-refractivity contribution in [3.05, 3.63) is 29.6 Å². The Kier molecular flexibility index (Phi) is 4.70. The van der Waals surface area contributed by atoms with Gasteiger partial charge in [0.25, 0.3) is 0 Å². The van der Waals surface area contributed by atoms with Gasteiger partial charge in [0.15, 0.2) is 0 Å². The van der Waals surface area contributed by atoms with Crippen molar-refractivity contribution >= 4 is 5.97 Å². The van der Waals surface area contributed by atoms with Crippen molar-refractivity contribution in [1.29, 1.82) is 0 Å². The first-order valence-electron chi connectivity index (χ1n) is 6.56. The number of carboxylic acid groups (broad SMARTS) is 1. The number of aromatic nitrogens is 1. The van der Waals surface area contributed by atoms with Gasteiger partial charge in [0.2, 0.25) is 0 Å². The second kappa shape index (κ2) is 6.50. The average molecular weight is 249 g/mol. The fourth-order valence-electron chi connectivity index (χ4n) is 2.29. The molecule has 4 nitrogen and oxygen atoms in total. The zero-order valence-corrected chi connectivity index (χ0v) is 10.5. The number of carboxylic acids is 1. The molecule has 0 unspecified atom stereocenters. The highest BCUT2D eigenvalue weighted by Crippen LogP contribution is 2.20. The number of ether oxygens (including phenoxy) is 1. The van der Waals surface area contributed by atoms with E-state index in [1.54, 1.807) is 6.07 Å². The van der Waals surface area contributed by atoms with Crippen molar-refractivity contribution in [2.45, 2.75) is 51.2 Å². The molecule has 0 aromatic carbocycles. The lowest BCUT2D eigenvalue weighted by Gasteiger charge is -2.14. The highest BCUT2D eigenvalue weighted by atomic mass is 16.5. The summed E-state index contributed by atoms with van der Waals surface area (Å²) in [4.78, 5) is 14.9. The smallest absolute Gasteiger partial charge is 0.354 e. The molecule has 1 N–H and O–H groups in total. The van der Waals surface area contributed by atoms with Gasteiger partial charge < -0.3 is 9.84 Å². The number of hydrogen-bond donors (Lipinski definition) is 1. The van der Waals surface area contributed by atoms with Crippen LogP contribution in [0.5, 0.6) is 0 Å². The maximum atomic E-state index is 10.8. The standard InChI is InChI=1S/C14H19NO3/c16-14(17)13-9-5-6-11(15-13)10-18-12-7-3-1-2-4-8-12/h5-6,9,12H,1-4,7-8,10H2,(H,16,17). The molecule has 1 aliphatic rings. The molecule has 4 heteroatoms. The summed E-state index contributed by atoms with van der Waals surface area (Å²) in [7, 11) is 0. The number of hydrogen-bond acceptors (Lipinski definition) is 3. The van der Waals surface area contributed by atoms with Crippen LogP contribution >= 0.6 is 0 Å². The van der Waals surface area contributed by atoms with Crippen molar-refractivity contribution < 1.29 is 14.6 Å². The highest BCUT2D eigenvalue weighted by molar-refractivity contribution is 5.85. The Bertz CT molecular complexity index is 398. The minimum absolute atomic E-state index is 0.0805. The van der Waals surface area contributed by atoms with Crippen LogP contribution in [0.25, 0.3) is 0 Å². The van der Waals surface area contributed by atoms with Crippen molar-refractivity contribution in [1.82, 2.24) is 4.98 Å². The van der Waals surface area contributed by atoms with Crippen LogP contribution in [0.2, 0.25) is 0 Å². The van der Waals surface area contributed by atoms with Gasteiger partial charge in [0.1, 0.15) is 5.69 Å². The molecular weight excluding hydrogens is 230 g/mol. The minimum Gasteiger partial charge on any atom is -0.477 e. The van der Waals surface area contributed by atoms with E-state index < -0.39 is 5.97 Å². The van der Waals surface area contributed by atoms with Crippen LogP contribution in [-0.4, -0.2) is 22.2 Å². The Morgan fingerprint density at radius 2 is 2.00 bits per heavy atom. The van der Waals surface area contributed by atoms with E-state index in [1.165, 1.54) is 31.7 Å². The predicted octanol–water partition coefficient (Wildman–Crippen LogP) is 3.02.